The molecule has 4 saturated heterocycles. The Hall–Kier alpha value is -2.71. The molecule has 0 amide bonds. The third kappa shape index (κ3) is 31.2. The number of anilines is 1. The monoisotopic (exact) mass is 1200 g/mol. The summed E-state index contributed by atoms with van der Waals surface area (Å²) in [5, 5.41) is 52.5. The molecule has 10 rings (SSSR count). The molecule has 9 aliphatic rings. The number of aliphatic imine (C=N–C) groups is 3. The number of nitrogens with zero attached hydrogens (tertiary/aromatic N) is 8. The smallest absolute Gasteiger partial charge is 0.667 e. The first kappa shape index (κ1) is 70.4. The maximum Gasteiger partial charge on any atom is 3.00 e. The second kappa shape index (κ2) is 44.0. The summed E-state index contributed by atoms with van der Waals surface area (Å²) in [6, 6.07) is 5.56. The first-order valence-electron chi connectivity index (χ1n) is 28.4. The first-order chi connectivity index (χ1) is 36.2. The van der Waals surface area contributed by atoms with Gasteiger partial charge in [0.05, 0.1) is 24.5 Å². The molecule has 1 radical (unpaired) electrons. The van der Waals surface area contributed by atoms with Gasteiger partial charge in [0.1, 0.15) is 5.82 Å². The summed E-state index contributed by atoms with van der Waals surface area (Å²) >= 11 is 0. The fourth-order valence-electron chi connectivity index (χ4n) is 9.73. The van der Waals surface area contributed by atoms with Crippen molar-refractivity contribution in [1.82, 2.24) is 10.3 Å². The Morgan fingerprint density at radius 3 is 1.58 bits per heavy atom. The second-order valence-electron chi connectivity index (χ2n) is 20.6. The van der Waals surface area contributed by atoms with Crippen molar-refractivity contribution in [3.63, 3.8) is 0 Å². The molecule has 0 aromatic carbocycles. The number of ketones is 1. The second-order valence-corrected chi connectivity index (χ2v) is 20.6. The number of hydrogen-bond donors (Lipinski definition) is 7. The molecule has 1 aromatic rings. The molecular weight excluding hydrogens is 1110 g/mol. The van der Waals surface area contributed by atoms with E-state index in [9.17, 15) is 20.1 Å². The van der Waals surface area contributed by atoms with E-state index < -0.39 is 0 Å². The van der Waals surface area contributed by atoms with Gasteiger partial charge < -0.3 is 63.4 Å². The van der Waals surface area contributed by atoms with Gasteiger partial charge in [-0.05, 0) is 101 Å². The normalized spacial score (nSPS) is 31.2. The molecule has 5 aliphatic heterocycles. The van der Waals surface area contributed by atoms with E-state index >= 15 is 0 Å². The van der Waals surface area contributed by atoms with Gasteiger partial charge >= 0.3 is 33.6 Å². The summed E-state index contributed by atoms with van der Waals surface area (Å²) in [7, 11) is 0. The summed E-state index contributed by atoms with van der Waals surface area (Å²) in [4.78, 5) is 28.9. The van der Waals surface area contributed by atoms with Gasteiger partial charge in [0, 0.05) is 71.1 Å². The Labute approximate surface area is 493 Å². The van der Waals surface area contributed by atoms with E-state index in [1.165, 1.54) is 89.5 Å². The summed E-state index contributed by atoms with van der Waals surface area (Å²) < 4.78 is 0. The van der Waals surface area contributed by atoms with Crippen LogP contribution in [0.15, 0.2) is 99.9 Å². The first-order valence-corrected chi connectivity index (χ1v) is 28.4. The maximum atomic E-state index is 11.3. The number of hydrogen-bond acceptors (Lipinski definition) is 12. The average Bonchev–Trinajstić information content (AvgIpc) is 3.45. The zero-order chi connectivity index (χ0) is 52.3. The molecule has 6 heterocycles. The van der Waals surface area contributed by atoms with Crippen LogP contribution in [0.1, 0.15) is 154 Å². The molecule has 3 saturated carbocycles. The van der Waals surface area contributed by atoms with Crippen molar-refractivity contribution in [3.05, 3.63) is 106 Å². The van der Waals surface area contributed by atoms with Crippen molar-refractivity contribution < 1.29 is 70.5 Å². The van der Waals surface area contributed by atoms with Crippen molar-refractivity contribution in [2.24, 2.45) is 44.2 Å². The fourth-order valence-corrected chi connectivity index (χ4v) is 9.73. The summed E-state index contributed by atoms with van der Waals surface area (Å²) in [6.07, 6.45) is 51.6. The predicted molar refractivity (Wildman–Crippen MR) is 306 cm³/mol. The molecule has 77 heavy (non-hydrogen) atoms. The van der Waals surface area contributed by atoms with E-state index in [1.807, 2.05) is 61.1 Å². The standard InChI is InChI=1S/C12H22N2O.C12H21N2O.C12H17N2O.C12H10N2O.2C5H11N2.3Co/c4*15-11-6-2-1-5-10(11)9-14-12-7-3-4-8-13-12;2*6-5-3-1-2-4-7-5;;;/h9-13,15H,1-8H2;9-12,15H,1-8H2;3-4,7-12,15H,1-2,5-6H2;1-9H,(H,13,14);2*5H,1-4,6H2;;;/q;2*-1;;2*-1;;2*+3. The van der Waals surface area contributed by atoms with Crippen molar-refractivity contribution in [2.75, 3.05) is 31.5 Å². The summed E-state index contributed by atoms with van der Waals surface area (Å²) in [5.74, 6) is 1.55. The Morgan fingerprint density at radius 1 is 0.597 bits per heavy atom. The molecule has 19 heteroatoms. The van der Waals surface area contributed by atoms with Gasteiger partial charge in [-0.2, -0.15) is 6.20 Å². The third-order valence-corrected chi connectivity index (χ3v) is 14.4. The quantitative estimate of drug-likeness (QED) is 0.0963. The molecule has 0 bridgehead atoms. The molecule has 7 fully saturated rings. The van der Waals surface area contributed by atoms with Crippen molar-refractivity contribution in [2.45, 2.75) is 203 Å². The van der Waals surface area contributed by atoms with Crippen LogP contribution in [0.3, 0.4) is 0 Å². The van der Waals surface area contributed by atoms with Crippen LogP contribution in [-0.4, -0.2) is 120 Å². The van der Waals surface area contributed by atoms with Crippen molar-refractivity contribution >= 4 is 30.2 Å². The van der Waals surface area contributed by atoms with Crippen LogP contribution in [0.2, 0.25) is 0 Å². The summed E-state index contributed by atoms with van der Waals surface area (Å²) in [5.41, 5.74) is 11.6. The molecule has 0 spiro atoms. The van der Waals surface area contributed by atoms with Gasteiger partial charge in [-0.3, -0.25) is 15.1 Å². The van der Waals surface area contributed by atoms with Crippen molar-refractivity contribution in [1.29, 1.82) is 0 Å². The van der Waals surface area contributed by atoms with E-state index in [4.69, 9.17) is 11.5 Å². The molecule has 4 aliphatic carbocycles. The topological polar surface area (TPSA) is 260 Å². The number of carbonyl (C=O) groups excluding carboxylic acids is 1. The van der Waals surface area contributed by atoms with E-state index in [0.29, 0.717) is 17.7 Å². The van der Waals surface area contributed by atoms with E-state index in [2.05, 4.69) is 51.9 Å². The number of nitrogens with two attached hydrogens (primary N) is 2. The largest absolute Gasteiger partial charge is 3.00 e. The van der Waals surface area contributed by atoms with E-state index in [-0.39, 0.29) is 111 Å². The van der Waals surface area contributed by atoms with Gasteiger partial charge in [0.25, 0.3) is 0 Å². The van der Waals surface area contributed by atoms with Crippen LogP contribution < -0.4 is 22.1 Å². The SMILES string of the molecule is NC1CCCC[N-]1.NC1CCCC[N-]1.O=C1C=CC=CC1=CNc1ccccn1.OC1CCCCC1C=NC1C=CC=C[N-]1.OC1CCCCC1C=NC1CCCCN1.OC1CCCCC1C=NC1CCCC[N-]1.[Co+3].[Co+3].[Co]. The molecule has 1 aromatic heterocycles. The predicted octanol–water partition coefficient (Wildman–Crippen LogP) is 10.3. The van der Waals surface area contributed by atoms with Crippen LogP contribution >= 0.6 is 0 Å². The van der Waals surface area contributed by atoms with Crippen LogP contribution in [0, 0.1) is 17.8 Å². The molecule has 433 valence electrons. The number of piperidine rings is 4. The minimum absolute atomic E-state index is 0. The Bertz CT molecular complexity index is 1840. The van der Waals surface area contributed by atoms with Gasteiger partial charge in [-0.25, -0.2) is 4.98 Å². The van der Waals surface area contributed by atoms with Crippen LogP contribution in [-0.2, 0) is 55.1 Å². The van der Waals surface area contributed by atoms with Gasteiger partial charge in [0.15, 0.2) is 5.78 Å². The Kier molecular flexibility index (Phi) is 40.2. The number of aliphatic hydroxyl groups excluding tert-OH is 3. The molecule has 9 N–H and O–H groups in total. The number of nitrogens with one attached hydrogen (secondary N) is 2. The number of allylic oxidation sites excluding steroid dienone is 7. The number of carbonyl (C=O) groups is 1. The maximum absolute atomic E-state index is 11.3. The minimum Gasteiger partial charge on any atom is -0.667 e. The number of aromatic nitrogens is 1. The Morgan fingerprint density at radius 2 is 1.13 bits per heavy atom. The van der Waals surface area contributed by atoms with Gasteiger partial charge in [-0.15, -0.1) is 19.6 Å². The third-order valence-electron chi connectivity index (χ3n) is 14.4. The minimum atomic E-state index is -0.203. The molecular formula is C58H92Co3N12O4+2. The van der Waals surface area contributed by atoms with E-state index in [1.54, 1.807) is 30.7 Å². The molecule has 11 unspecified atom stereocenters. The molecule has 11 atom stereocenters. The van der Waals surface area contributed by atoms with Crippen molar-refractivity contribution in [3.8, 4) is 0 Å². The zero-order valence-corrected chi connectivity index (χ0v) is 48.5. The van der Waals surface area contributed by atoms with Crippen LogP contribution in [0.4, 0.5) is 5.82 Å². The van der Waals surface area contributed by atoms with Crippen LogP contribution in [0.5, 0.6) is 0 Å². The van der Waals surface area contributed by atoms with E-state index in [0.717, 1.165) is 103 Å². The van der Waals surface area contributed by atoms with Gasteiger partial charge in [-0.1, -0.05) is 145 Å². The zero-order valence-electron chi connectivity index (χ0n) is 45.4. The number of aliphatic hydroxyl groups is 3. The molecule has 16 nitrogen and oxygen atoms in total. The number of rotatable bonds is 8. The Balaban J connectivity index is 0.000000320. The summed E-state index contributed by atoms with van der Waals surface area (Å²) in [6.45, 7) is 4.03. The fraction of sp³-hybridized carbons (Fsp3) is 0.672. The average molecular weight is 1200 g/mol. The van der Waals surface area contributed by atoms with Gasteiger partial charge in [0.2, 0.25) is 0 Å². The number of pyridine rings is 1. The van der Waals surface area contributed by atoms with Crippen LogP contribution in [0.25, 0.3) is 21.3 Å².